The van der Waals surface area contributed by atoms with E-state index in [-0.39, 0.29) is 12.5 Å². The van der Waals surface area contributed by atoms with Crippen molar-refractivity contribution in [2.75, 3.05) is 25.1 Å². The van der Waals surface area contributed by atoms with E-state index in [1.54, 1.807) is 6.07 Å². The number of nitrogens with zero attached hydrogens (tertiary/aromatic N) is 2. The highest BCUT2D eigenvalue weighted by Gasteiger charge is 2.24. The average Bonchev–Trinajstić information content (AvgIpc) is 2.54. The molecule has 6 nitrogen and oxygen atoms in total. The number of hydrogen-bond acceptors (Lipinski definition) is 5. The van der Waals surface area contributed by atoms with Gasteiger partial charge in [0.25, 0.3) is 5.91 Å². The molecule has 2 rings (SSSR count). The van der Waals surface area contributed by atoms with Crippen LogP contribution in [0.25, 0.3) is 0 Å². The van der Waals surface area contributed by atoms with Crippen molar-refractivity contribution in [3.05, 3.63) is 23.4 Å². The summed E-state index contributed by atoms with van der Waals surface area (Å²) < 4.78 is 0. The van der Waals surface area contributed by atoms with Gasteiger partial charge in [0, 0.05) is 31.0 Å². The number of aromatic nitrogens is 1. The van der Waals surface area contributed by atoms with Crippen molar-refractivity contribution in [1.29, 1.82) is 0 Å². The molecule has 0 saturated carbocycles. The van der Waals surface area contributed by atoms with Crippen molar-refractivity contribution >= 4 is 11.7 Å². The lowest BCUT2D eigenvalue weighted by molar-refractivity contribution is 0.0653. The van der Waals surface area contributed by atoms with E-state index >= 15 is 0 Å². The summed E-state index contributed by atoms with van der Waals surface area (Å²) in [5, 5.41) is 9.06. The number of hydrazine groups is 1. The summed E-state index contributed by atoms with van der Waals surface area (Å²) in [5.41, 5.74) is 3.98. The van der Waals surface area contributed by atoms with E-state index in [9.17, 15) is 4.79 Å². The highest BCUT2D eigenvalue weighted by Crippen LogP contribution is 2.22. The third kappa shape index (κ3) is 3.92. The Labute approximate surface area is 125 Å². The van der Waals surface area contributed by atoms with Crippen LogP contribution in [0.4, 0.5) is 5.82 Å². The molecular formula is C15H24N4O2. The topological polar surface area (TPSA) is 91.5 Å². The summed E-state index contributed by atoms with van der Waals surface area (Å²) in [7, 11) is 0. The number of rotatable bonds is 5. The Bertz CT molecular complexity index is 468. The van der Waals surface area contributed by atoms with Crippen molar-refractivity contribution in [1.82, 2.24) is 9.88 Å². The fraction of sp³-hybridized carbons (Fsp3) is 0.600. The molecule has 0 aromatic carbocycles. The second-order valence-corrected chi connectivity index (χ2v) is 5.50. The maximum Gasteiger partial charge on any atom is 0.254 e. The smallest absolute Gasteiger partial charge is 0.254 e. The number of hydrogen-bond donors (Lipinski definition) is 3. The third-order valence-corrected chi connectivity index (χ3v) is 3.98. The summed E-state index contributed by atoms with van der Waals surface area (Å²) >= 11 is 0. The summed E-state index contributed by atoms with van der Waals surface area (Å²) in [6.07, 6.45) is 3.58. The minimum Gasteiger partial charge on any atom is -0.396 e. The molecule has 4 N–H and O–H groups in total. The monoisotopic (exact) mass is 292 g/mol. The molecule has 1 aliphatic rings. The number of carbonyl (C=O) groups is 1. The van der Waals surface area contributed by atoms with Crippen LogP contribution in [0.2, 0.25) is 0 Å². The van der Waals surface area contributed by atoms with Crippen LogP contribution in [-0.4, -0.2) is 40.6 Å². The normalized spacial score (nSPS) is 18.6. The van der Waals surface area contributed by atoms with Crippen molar-refractivity contribution in [3.8, 4) is 0 Å². The quantitative estimate of drug-likeness (QED) is 0.559. The van der Waals surface area contributed by atoms with Crippen LogP contribution in [-0.2, 0) is 6.42 Å². The number of nitrogens with two attached hydrogens (primary N) is 1. The summed E-state index contributed by atoms with van der Waals surface area (Å²) in [6.45, 7) is 3.67. The van der Waals surface area contributed by atoms with Gasteiger partial charge in [-0.05, 0) is 43.7 Å². The second kappa shape index (κ2) is 7.38. The first-order valence-corrected chi connectivity index (χ1v) is 7.55. The van der Waals surface area contributed by atoms with Crippen LogP contribution in [0.15, 0.2) is 12.1 Å². The van der Waals surface area contributed by atoms with Crippen molar-refractivity contribution < 1.29 is 9.90 Å². The SMILES string of the molecule is CCc1cc(C(=O)N2CCCC(CCO)C2)cc(NN)n1. The largest absolute Gasteiger partial charge is 0.396 e. The van der Waals surface area contributed by atoms with Crippen molar-refractivity contribution in [2.45, 2.75) is 32.6 Å². The maximum absolute atomic E-state index is 12.7. The number of likely N-dealkylation sites (tertiary alicyclic amines) is 1. The molecule has 0 bridgehead atoms. The number of pyridine rings is 1. The predicted molar refractivity (Wildman–Crippen MR) is 81.8 cm³/mol. The Balaban J connectivity index is 2.15. The number of nitrogens with one attached hydrogen (secondary N) is 1. The van der Waals surface area contributed by atoms with Gasteiger partial charge in [0.2, 0.25) is 0 Å². The van der Waals surface area contributed by atoms with Crippen LogP contribution >= 0.6 is 0 Å². The van der Waals surface area contributed by atoms with Gasteiger partial charge in [-0.2, -0.15) is 0 Å². The molecule has 1 fully saturated rings. The summed E-state index contributed by atoms with van der Waals surface area (Å²) in [6, 6.07) is 3.52. The van der Waals surface area contributed by atoms with E-state index in [2.05, 4.69) is 10.4 Å². The van der Waals surface area contributed by atoms with Gasteiger partial charge >= 0.3 is 0 Å². The zero-order valence-electron chi connectivity index (χ0n) is 12.5. The molecule has 0 aliphatic carbocycles. The number of amides is 1. The summed E-state index contributed by atoms with van der Waals surface area (Å²) in [5.74, 6) is 6.35. The van der Waals surface area contributed by atoms with Crippen LogP contribution < -0.4 is 11.3 Å². The number of aliphatic hydroxyl groups excluding tert-OH is 1. The second-order valence-electron chi connectivity index (χ2n) is 5.50. The molecule has 0 radical (unpaired) electrons. The van der Waals surface area contributed by atoms with Crippen molar-refractivity contribution in [2.24, 2.45) is 11.8 Å². The number of aryl methyl sites for hydroxylation is 1. The van der Waals surface area contributed by atoms with Crippen LogP contribution in [0.3, 0.4) is 0 Å². The molecule has 1 amide bonds. The molecular weight excluding hydrogens is 268 g/mol. The van der Waals surface area contributed by atoms with E-state index in [0.717, 1.165) is 37.9 Å². The van der Waals surface area contributed by atoms with Crippen LogP contribution in [0.1, 0.15) is 42.2 Å². The predicted octanol–water partition coefficient (Wildman–Crippen LogP) is 1.16. The Kier molecular flexibility index (Phi) is 5.52. The van der Waals surface area contributed by atoms with Gasteiger partial charge in [0.1, 0.15) is 5.82 Å². The number of aliphatic hydroxyl groups is 1. The minimum atomic E-state index is 0.0197. The number of anilines is 1. The van der Waals surface area contributed by atoms with Gasteiger partial charge in [0.05, 0.1) is 0 Å². The summed E-state index contributed by atoms with van der Waals surface area (Å²) in [4.78, 5) is 18.8. The molecule has 1 atom stereocenters. The fourth-order valence-corrected chi connectivity index (χ4v) is 2.82. The lowest BCUT2D eigenvalue weighted by Crippen LogP contribution is -2.40. The lowest BCUT2D eigenvalue weighted by Gasteiger charge is -2.32. The zero-order chi connectivity index (χ0) is 15.2. The molecule has 6 heteroatoms. The Hall–Kier alpha value is -1.66. The zero-order valence-corrected chi connectivity index (χ0v) is 12.5. The Morgan fingerprint density at radius 3 is 3.05 bits per heavy atom. The number of piperidine rings is 1. The van der Waals surface area contributed by atoms with Gasteiger partial charge in [-0.25, -0.2) is 10.8 Å². The van der Waals surface area contributed by atoms with E-state index in [4.69, 9.17) is 10.9 Å². The Morgan fingerprint density at radius 2 is 2.38 bits per heavy atom. The molecule has 116 valence electrons. The minimum absolute atomic E-state index is 0.0197. The van der Waals surface area contributed by atoms with E-state index in [0.29, 0.717) is 23.8 Å². The fourth-order valence-electron chi connectivity index (χ4n) is 2.82. The molecule has 1 saturated heterocycles. The van der Waals surface area contributed by atoms with Crippen LogP contribution in [0.5, 0.6) is 0 Å². The average molecular weight is 292 g/mol. The molecule has 0 spiro atoms. The number of nitrogen functional groups attached to an aromatic ring is 1. The molecule has 1 aromatic heterocycles. The standard InChI is InChI=1S/C15H24N4O2/c1-2-13-8-12(9-14(17-13)18-16)15(21)19-6-3-4-11(10-19)5-7-20/h8-9,11,20H,2-7,10,16H2,1H3,(H,17,18). The molecule has 21 heavy (non-hydrogen) atoms. The molecule has 2 heterocycles. The van der Waals surface area contributed by atoms with E-state index in [1.807, 2.05) is 17.9 Å². The van der Waals surface area contributed by atoms with Gasteiger partial charge in [0.15, 0.2) is 0 Å². The Morgan fingerprint density at radius 1 is 1.57 bits per heavy atom. The van der Waals surface area contributed by atoms with Gasteiger partial charge < -0.3 is 15.4 Å². The molecule has 1 aliphatic heterocycles. The van der Waals surface area contributed by atoms with Gasteiger partial charge in [-0.3, -0.25) is 4.79 Å². The first-order chi connectivity index (χ1) is 10.2. The van der Waals surface area contributed by atoms with Gasteiger partial charge in [-0.15, -0.1) is 0 Å². The third-order valence-electron chi connectivity index (χ3n) is 3.98. The highest BCUT2D eigenvalue weighted by molar-refractivity contribution is 5.95. The molecule has 1 aromatic rings. The van der Waals surface area contributed by atoms with Crippen LogP contribution in [0, 0.1) is 5.92 Å². The van der Waals surface area contributed by atoms with E-state index in [1.165, 1.54) is 0 Å². The lowest BCUT2D eigenvalue weighted by atomic mass is 9.94. The first kappa shape index (κ1) is 15.7. The maximum atomic E-state index is 12.7. The van der Waals surface area contributed by atoms with Gasteiger partial charge in [-0.1, -0.05) is 6.92 Å². The van der Waals surface area contributed by atoms with E-state index < -0.39 is 0 Å². The highest BCUT2D eigenvalue weighted by atomic mass is 16.3. The first-order valence-electron chi connectivity index (χ1n) is 7.55. The van der Waals surface area contributed by atoms with Crippen molar-refractivity contribution in [3.63, 3.8) is 0 Å². The number of carbonyl (C=O) groups excluding carboxylic acids is 1. The molecule has 1 unspecified atom stereocenters.